The Morgan fingerprint density at radius 1 is 1.11 bits per heavy atom. The molecule has 0 aliphatic heterocycles. The molecule has 1 aromatic heterocycles. The first kappa shape index (κ1) is 11.7. The first-order chi connectivity index (χ1) is 8.68. The smallest absolute Gasteiger partial charge is 0.338 e. The average Bonchev–Trinajstić information content (AvgIpc) is 2.90. The van der Waals surface area contributed by atoms with Gasteiger partial charge in [-0.15, -0.1) is 0 Å². The minimum absolute atomic E-state index is 0.0946. The summed E-state index contributed by atoms with van der Waals surface area (Å²) in [4.78, 5) is 23.0. The highest BCUT2D eigenvalue weighted by Gasteiger charge is 2.17. The number of hydrogen-bond acceptors (Lipinski definition) is 3. The monoisotopic (exact) mass is 245 g/mol. The molecule has 0 spiro atoms. The van der Waals surface area contributed by atoms with Crippen molar-refractivity contribution in [3.8, 4) is 0 Å². The molecule has 6 nitrogen and oxygen atoms in total. The van der Waals surface area contributed by atoms with E-state index in [1.165, 1.54) is 12.3 Å². The standard InChI is InChI=1S/C12H11N3O3/c13-12(17)15(9-5-2-1-3-6-9)14-11(16)10-7-4-8-18-10/h1-8H,(H2,13,17)(H,14,16). The molecule has 0 bridgehead atoms. The van der Waals surface area contributed by atoms with Crippen LogP contribution >= 0.6 is 0 Å². The summed E-state index contributed by atoms with van der Waals surface area (Å²) in [6.07, 6.45) is 1.37. The zero-order chi connectivity index (χ0) is 13.0. The highest BCUT2D eigenvalue weighted by Crippen LogP contribution is 2.11. The molecular weight excluding hydrogens is 234 g/mol. The Morgan fingerprint density at radius 2 is 1.83 bits per heavy atom. The molecule has 0 saturated heterocycles. The molecule has 0 saturated carbocycles. The lowest BCUT2D eigenvalue weighted by molar-refractivity contribution is 0.0923. The molecule has 0 aliphatic carbocycles. The number of furan rings is 1. The van der Waals surface area contributed by atoms with Crippen LogP contribution in [0.2, 0.25) is 0 Å². The van der Waals surface area contributed by atoms with E-state index in [1.54, 1.807) is 36.4 Å². The van der Waals surface area contributed by atoms with Crippen molar-refractivity contribution in [1.82, 2.24) is 5.43 Å². The van der Waals surface area contributed by atoms with Crippen LogP contribution in [0.4, 0.5) is 10.5 Å². The Kier molecular flexibility index (Phi) is 3.29. The third-order valence-electron chi connectivity index (χ3n) is 2.19. The molecule has 92 valence electrons. The third-order valence-corrected chi connectivity index (χ3v) is 2.19. The lowest BCUT2D eigenvalue weighted by Gasteiger charge is -2.20. The molecule has 0 atom stereocenters. The van der Waals surface area contributed by atoms with Crippen LogP contribution in [0.3, 0.4) is 0 Å². The number of rotatable bonds is 2. The lowest BCUT2D eigenvalue weighted by atomic mass is 10.3. The Hall–Kier alpha value is -2.76. The molecule has 3 amide bonds. The van der Waals surface area contributed by atoms with Crippen molar-refractivity contribution >= 4 is 17.6 Å². The van der Waals surface area contributed by atoms with Gasteiger partial charge in [0.2, 0.25) is 0 Å². The van der Waals surface area contributed by atoms with Gasteiger partial charge >= 0.3 is 11.9 Å². The predicted octanol–water partition coefficient (Wildman–Crippen LogP) is 1.51. The number of anilines is 1. The second kappa shape index (κ2) is 5.05. The Balaban J connectivity index is 2.18. The maximum absolute atomic E-state index is 11.7. The topological polar surface area (TPSA) is 88.6 Å². The molecule has 0 unspecified atom stereocenters. The van der Waals surface area contributed by atoms with Crippen LogP contribution in [0.25, 0.3) is 0 Å². The zero-order valence-corrected chi connectivity index (χ0v) is 9.37. The molecular formula is C12H11N3O3. The van der Waals surface area contributed by atoms with Gasteiger partial charge in [-0.25, -0.2) is 9.80 Å². The Labute approximate surface area is 103 Å². The SMILES string of the molecule is NC(=O)N(NC(=O)c1ccco1)c1ccccc1. The van der Waals surface area contributed by atoms with Crippen molar-refractivity contribution in [3.63, 3.8) is 0 Å². The van der Waals surface area contributed by atoms with Gasteiger partial charge in [-0.05, 0) is 24.3 Å². The van der Waals surface area contributed by atoms with Gasteiger partial charge in [0.05, 0.1) is 12.0 Å². The number of nitrogens with zero attached hydrogens (tertiary/aromatic N) is 1. The van der Waals surface area contributed by atoms with Crippen molar-refractivity contribution in [3.05, 3.63) is 54.5 Å². The molecule has 3 N–H and O–H groups in total. The summed E-state index contributed by atoms with van der Waals surface area (Å²) in [5.74, 6) is -0.458. The van der Waals surface area contributed by atoms with Crippen molar-refractivity contribution in [2.24, 2.45) is 5.73 Å². The summed E-state index contributed by atoms with van der Waals surface area (Å²) in [6.45, 7) is 0. The largest absolute Gasteiger partial charge is 0.459 e. The summed E-state index contributed by atoms with van der Waals surface area (Å²) in [6, 6.07) is 10.8. The molecule has 1 aromatic carbocycles. The van der Waals surface area contributed by atoms with Crippen molar-refractivity contribution < 1.29 is 14.0 Å². The minimum atomic E-state index is -0.791. The first-order valence-electron chi connectivity index (χ1n) is 5.17. The van der Waals surface area contributed by atoms with Gasteiger partial charge in [-0.2, -0.15) is 0 Å². The number of carbonyl (C=O) groups excluding carboxylic acids is 2. The van der Waals surface area contributed by atoms with E-state index in [1.807, 2.05) is 0 Å². The maximum atomic E-state index is 11.7. The molecule has 2 aromatic rings. The normalized spacial score (nSPS) is 9.78. The number of hydrazine groups is 1. The number of nitrogens with one attached hydrogen (secondary N) is 1. The fourth-order valence-corrected chi connectivity index (χ4v) is 1.39. The van der Waals surface area contributed by atoms with Gasteiger partial charge in [-0.3, -0.25) is 10.2 Å². The Bertz CT molecular complexity index is 537. The first-order valence-corrected chi connectivity index (χ1v) is 5.17. The van der Waals surface area contributed by atoms with E-state index in [0.717, 1.165) is 5.01 Å². The molecule has 0 radical (unpaired) electrons. The summed E-state index contributed by atoms with van der Waals surface area (Å²) >= 11 is 0. The van der Waals surface area contributed by atoms with E-state index in [4.69, 9.17) is 10.2 Å². The van der Waals surface area contributed by atoms with E-state index in [9.17, 15) is 9.59 Å². The average molecular weight is 245 g/mol. The van der Waals surface area contributed by atoms with Crippen LogP contribution < -0.4 is 16.2 Å². The number of carbonyl (C=O) groups is 2. The van der Waals surface area contributed by atoms with Crippen LogP contribution in [0.15, 0.2) is 53.1 Å². The molecule has 1 heterocycles. The lowest BCUT2D eigenvalue weighted by Crippen LogP contribution is -2.49. The molecule has 2 rings (SSSR count). The van der Waals surface area contributed by atoms with E-state index in [-0.39, 0.29) is 5.76 Å². The fraction of sp³-hybridized carbons (Fsp3) is 0. The van der Waals surface area contributed by atoms with E-state index in [0.29, 0.717) is 5.69 Å². The molecule has 6 heteroatoms. The molecule has 0 fully saturated rings. The summed E-state index contributed by atoms with van der Waals surface area (Å²) < 4.78 is 4.92. The number of benzene rings is 1. The van der Waals surface area contributed by atoms with Crippen LogP contribution in [0.5, 0.6) is 0 Å². The second-order valence-corrected chi connectivity index (χ2v) is 3.43. The zero-order valence-electron chi connectivity index (χ0n) is 9.37. The second-order valence-electron chi connectivity index (χ2n) is 3.43. The number of urea groups is 1. The summed E-state index contributed by atoms with van der Waals surface area (Å²) in [5, 5.41) is 0.949. The quantitative estimate of drug-likeness (QED) is 0.786. The maximum Gasteiger partial charge on any atom is 0.338 e. The number of nitrogens with two attached hydrogens (primary N) is 1. The number of primary amides is 1. The predicted molar refractivity (Wildman–Crippen MR) is 64.7 cm³/mol. The van der Waals surface area contributed by atoms with Crippen LogP contribution in [-0.2, 0) is 0 Å². The van der Waals surface area contributed by atoms with Crippen LogP contribution in [0, 0.1) is 0 Å². The van der Waals surface area contributed by atoms with E-state index < -0.39 is 11.9 Å². The van der Waals surface area contributed by atoms with Crippen molar-refractivity contribution in [2.45, 2.75) is 0 Å². The van der Waals surface area contributed by atoms with Gasteiger partial charge in [0, 0.05) is 0 Å². The van der Waals surface area contributed by atoms with Gasteiger partial charge in [-0.1, -0.05) is 18.2 Å². The minimum Gasteiger partial charge on any atom is -0.459 e. The van der Waals surface area contributed by atoms with Crippen molar-refractivity contribution in [1.29, 1.82) is 0 Å². The highest BCUT2D eigenvalue weighted by molar-refractivity contribution is 5.99. The van der Waals surface area contributed by atoms with Gasteiger partial charge in [0.25, 0.3) is 0 Å². The van der Waals surface area contributed by atoms with Gasteiger partial charge < -0.3 is 10.2 Å². The summed E-state index contributed by atoms with van der Waals surface area (Å²) in [7, 11) is 0. The third kappa shape index (κ3) is 2.49. The Morgan fingerprint density at radius 3 is 2.39 bits per heavy atom. The number of amides is 3. The van der Waals surface area contributed by atoms with Crippen LogP contribution in [0.1, 0.15) is 10.6 Å². The van der Waals surface area contributed by atoms with Crippen LogP contribution in [-0.4, -0.2) is 11.9 Å². The van der Waals surface area contributed by atoms with Gasteiger partial charge in [0.15, 0.2) is 5.76 Å². The highest BCUT2D eigenvalue weighted by atomic mass is 16.3. The van der Waals surface area contributed by atoms with Crippen molar-refractivity contribution in [2.75, 3.05) is 5.01 Å². The van der Waals surface area contributed by atoms with E-state index >= 15 is 0 Å². The van der Waals surface area contributed by atoms with Gasteiger partial charge in [0.1, 0.15) is 0 Å². The molecule has 18 heavy (non-hydrogen) atoms. The number of para-hydroxylation sites is 1. The fourth-order valence-electron chi connectivity index (χ4n) is 1.39. The summed E-state index contributed by atoms with van der Waals surface area (Å²) in [5.41, 5.74) is 8.04. The number of hydrogen-bond donors (Lipinski definition) is 2. The molecule has 0 aliphatic rings. The van der Waals surface area contributed by atoms with E-state index in [2.05, 4.69) is 5.43 Å².